The molecule has 0 saturated carbocycles. The number of nitrogens with two attached hydrogens (primary N) is 1. The Morgan fingerprint density at radius 3 is 2.80 bits per heavy atom. The molecule has 2 rings (SSSR count). The van der Waals surface area contributed by atoms with Crippen LogP contribution in [0.25, 0.3) is 0 Å². The van der Waals surface area contributed by atoms with Crippen molar-refractivity contribution in [2.75, 3.05) is 13.2 Å². The maximum atomic E-state index is 11.5. The monoisotopic (exact) mass is 376 g/mol. The summed E-state index contributed by atoms with van der Waals surface area (Å²) in [7, 11) is -4.51. The van der Waals surface area contributed by atoms with E-state index in [1.54, 1.807) is 6.92 Å². The molecule has 11 heteroatoms. The number of hydrogen-bond acceptors (Lipinski definition) is 8. The van der Waals surface area contributed by atoms with E-state index < -0.39 is 44.9 Å². The first-order chi connectivity index (χ1) is 11.7. The van der Waals surface area contributed by atoms with Crippen LogP contribution in [-0.2, 0) is 18.3 Å². The van der Waals surface area contributed by atoms with Gasteiger partial charge >= 0.3 is 0 Å². The van der Waals surface area contributed by atoms with Crippen molar-refractivity contribution in [1.29, 1.82) is 0 Å². The highest BCUT2D eigenvalue weighted by atomic mass is 31.2. The number of carbonyl (C=O) groups excluding carboxylic acids is 1. The third-order valence-electron chi connectivity index (χ3n) is 3.59. The normalized spacial score (nSPS) is 28.6. The summed E-state index contributed by atoms with van der Waals surface area (Å²) in [5.41, 5.74) is 5.39. The molecule has 0 bridgehead atoms. The van der Waals surface area contributed by atoms with Gasteiger partial charge in [0.1, 0.15) is 17.8 Å². The predicted octanol–water partition coefficient (Wildman–Crippen LogP) is -1.40. The van der Waals surface area contributed by atoms with Gasteiger partial charge in [0.15, 0.2) is 18.5 Å². The highest BCUT2D eigenvalue weighted by Crippen LogP contribution is 2.39. The van der Waals surface area contributed by atoms with E-state index in [-0.39, 0.29) is 12.2 Å². The molecule has 0 radical (unpaired) electrons. The van der Waals surface area contributed by atoms with Crippen LogP contribution in [0.4, 0.5) is 0 Å². The third-order valence-corrected chi connectivity index (χ3v) is 4.55. The van der Waals surface area contributed by atoms with Crippen molar-refractivity contribution in [2.45, 2.75) is 37.9 Å². The van der Waals surface area contributed by atoms with Crippen molar-refractivity contribution in [2.24, 2.45) is 5.73 Å². The lowest BCUT2D eigenvalue weighted by Gasteiger charge is -2.24. The summed E-state index contributed by atoms with van der Waals surface area (Å²) in [6, 6.07) is 3.01. The lowest BCUT2D eigenvalue weighted by molar-refractivity contribution is -0.765. The Kier molecular flexibility index (Phi) is 6.64. The maximum Gasteiger partial charge on any atom is 0.292 e. The highest BCUT2D eigenvalue weighted by molar-refractivity contribution is 7.45. The SMILES string of the molecule is CCCOP(=O)([O-])OC[C@H]1OC([n+]2cccc(C(N)=O)c2)[C@H](O)[C@@H]1O. The fraction of sp³-hybridized carbons (Fsp3) is 0.571. The molecule has 1 aromatic rings. The maximum absolute atomic E-state index is 11.5. The zero-order valence-electron chi connectivity index (χ0n) is 13.6. The molecule has 2 heterocycles. The summed E-state index contributed by atoms with van der Waals surface area (Å²) < 4.78 is 27.6. The summed E-state index contributed by atoms with van der Waals surface area (Å²) in [6.45, 7) is 1.20. The van der Waals surface area contributed by atoms with E-state index in [0.29, 0.717) is 6.42 Å². The molecule has 1 fully saturated rings. The van der Waals surface area contributed by atoms with E-state index in [1.165, 1.54) is 29.1 Å². The van der Waals surface area contributed by atoms with Crippen molar-refractivity contribution in [3.05, 3.63) is 30.1 Å². The molecular formula is C14H21N2O8P. The van der Waals surface area contributed by atoms with Crippen LogP contribution in [0.1, 0.15) is 29.9 Å². The van der Waals surface area contributed by atoms with E-state index in [2.05, 4.69) is 9.05 Å². The standard InChI is InChI=1S/C14H21N2O8P/c1-2-6-22-25(20,21)23-8-10-11(17)12(18)14(24-10)16-5-3-4-9(7-16)13(15)19/h3-5,7,10-12,14,17-18H,2,6,8H2,1H3,(H2-,15,19,20,21)/t10-,11-,12-,14?/m1/s1. The van der Waals surface area contributed by atoms with Gasteiger partial charge in [-0.05, 0) is 12.5 Å². The van der Waals surface area contributed by atoms with Gasteiger partial charge in [-0.15, -0.1) is 0 Å². The van der Waals surface area contributed by atoms with Crippen molar-refractivity contribution in [3.63, 3.8) is 0 Å². The number of primary amides is 1. The Labute approximate surface area is 144 Å². The lowest BCUT2D eigenvalue weighted by Crippen LogP contribution is -2.46. The van der Waals surface area contributed by atoms with Gasteiger partial charge in [-0.25, -0.2) is 0 Å². The number of phosphoric ester groups is 1. The number of phosphoric acid groups is 1. The molecule has 1 amide bonds. The first-order valence-corrected chi connectivity index (χ1v) is 9.13. The van der Waals surface area contributed by atoms with Crippen LogP contribution in [0.15, 0.2) is 24.5 Å². The molecule has 0 aromatic carbocycles. The lowest BCUT2D eigenvalue weighted by atomic mass is 10.1. The van der Waals surface area contributed by atoms with Gasteiger partial charge < -0.3 is 34.6 Å². The minimum atomic E-state index is -4.51. The molecular weight excluding hydrogens is 355 g/mol. The quantitative estimate of drug-likeness (QED) is 0.370. The molecule has 4 N–H and O–H groups in total. The van der Waals surface area contributed by atoms with E-state index in [4.69, 9.17) is 10.5 Å². The minimum Gasteiger partial charge on any atom is -0.756 e. The number of aromatic nitrogens is 1. The Bertz CT molecular complexity index is 657. The first kappa shape index (κ1) is 19.9. The number of carbonyl (C=O) groups is 1. The zero-order chi connectivity index (χ0) is 18.6. The molecule has 25 heavy (non-hydrogen) atoms. The minimum absolute atomic E-state index is 0.0180. The number of amides is 1. The number of aliphatic hydroxyl groups excluding tert-OH is 2. The fourth-order valence-corrected chi connectivity index (χ4v) is 3.13. The molecule has 0 spiro atoms. The average molecular weight is 376 g/mol. The zero-order valence-corrected chi connectivity index (χ0v) is 14.5. The Morgan fingerprint density at radius 1 is 1.44 bits per heavy atom. The van der Waals surface area contributed by atoms with Crippen LogP contribution >= 0.6 is 7.82 Å². The molecule has 1 aliphatic heterocycles. The Morgan fingerprint density at radius 2 is 2.16 bits per heavy atom. The number of aliphatic hydroxyl groups is 2. The van der Waals surface area contributed by atoms with E-state index in [0.717, 1.165) is 0 Å². The first-order valence-electron chi connectivity index (χ1n) is 7.67. The molecule has 10 nitrogen and oxygen atoms in total. The van der Waals surface area contributed by atoms with E-state index in [9.17, 15) is 24.5 Å². The van der Waals surface area contributed by atoms with Gasteiger partial charge in [0.05, 0.1) is 13.2 Å². The molecule has 1 aromatic heterocycles. The van der Waals surface area contributed by atoms with Gasteiger partial charge in [0, 0.05) is 6.07 Å². The molecule has 1 saturated heterocycles. The smallest absolute Gasteiger partial charge is 0.292 e. The van der Waals surface area contributed by atoms with Gasteiger partial charge in [-0.1, -0.05) is 6.92 Å². The van der Waals surface area contributed by atoms with E-state index in [1.807, 2.05) is 0 Å². The number of ether oxygens (including phenoxy) is 1. The van der Waals surface area contributed by atoms with Crippen LogP contribution in [0, 0.1) is 0 Å². The van der Waals surface area contributed by atoms with Crippen LogP contribution in [-0.4, -0.2) is 47.6 Å². The second-order valence-corrected chi connectivity index (χ2v) is 6.94. The van der Waals surface area contributed by atoms with Gasteiger partial charge in [0.25, 0.3) is 20.0 Å². The molecule has 2 unspecified atom stereocenters. The number of nitrogens with zero attached hydrogens (tertiary/aromatic N) is 1. The largest absolute Gasteiger partial charge is 0.756 e. The second kappa shape index (κ2) is 8.33. The average Bonchev–Trinajstić information content (AvgIpc) is 2.87. The number of hydrogen-bond donors (Lipinski definition) is 3. The summed E-state index contributed by atoms with van der Waals surface area (Å²) in [4.78, 5) is 22.8. The summed E-state index contributed by atoms with van der Waals surface area (Å²) in [5.74, 6) is -0.664. The Balaban J connectivity index is 2.04. The summed E-state index contributed by atoms with van der Waals surface area (Å²) >= 11 is 0. The van der Waals surface area contributed by atoms with E-state index >= 15 is 0 Å². The van der Waals surface area contributed by atoms with Crippen LogP contribution in [0.2, 0.25) is 0 Å². The predicted molar refractivity (Wildman–Crippen MR) is 80.9 cm³/mol. The Hall–Kier alpha value is -1.39. The van der Waals surface area contributed by atoms with Crippen LogP contribution in [0.3, 0.4) is 0 Å². The molecule has 0 aliphatic carbocycles. The summed E-state index contributed by atoms with van der Waals surface area (Å²) in [6.07, 6.45) is -1.52. The third kappa shape index (κ3) is 5.05. The van der Waals surface area contributed by atoms with Crippen molar-refractivity contribution < 1.29 is 42.8 Å². The highest BCUT2D eigenvalue weighted by Gasteiger charge is 2.48. The van der Waals surface area contributed by atoms with Crippen LogP contribution < -0.4 is 15.2 Å². The van der Waals surface area contributed by atoms with Gasteiger partial charge in [-0.3, -0.25) is 9.36 Å². The summed E-state index contributed by atoms with van der Waals surface area (Å²) in [5, 5.41) is 20.2. The number of rotatable bonds is 8. The van der Waals surface area contributed by atoms with Gasteiger partial charge in [-0.2, -0.15) is 4.57 Å². The fourth-order valence-electron chi connectivity index (χ4n) is 2.32. The molecule has 140 valence electrons. The number of pyridine rings is 1. The van der Waals surface area contributed by atoms with Crippen molar-refractivity contribution in [3.8, 4) is 0 Å². The second-order valence-electron chi connectivity index (χ2n) is 5.53. The van der Waals surface area contributed by atoms with Crippen molar-refractivity contribution >= 4 is 13.7 Å². The van der Waals surface area contributed by atoms with Crippen molar-refractivity contribution in [1.82, 2.24) is 0 Å². The van der Waals surface area contributed by atoms with Gasteiger partial charge in [0.2, 0.25) is 0 Å². The van der Waals surface area contributed by atoms with Crippen LogP contribution in [0.5, 0.6) is 0 Å². The topological polar surface area (TPSA) is 155 Å². The molecule has 5 atom stereocenters. The molecule has 1 aliphatic rings.